The number of benzene rings is 1. The van der Waals surface area contributed by atoms with E-state index in [9.17, 15) is 9.59 Å². The number of amides is 1. The Hall–Kier alpha value is -1.64. The molecule has 0 bridgehead atoms. The first-order valence-corrected chi connectivity index (χ1v) is 6.55. The third-order valence-electron chi connectivity index (χ3n) is 3.64. The molecule has 0 unspecified atom stereocenters. The lowest BCUT2D eigenvalue weighted by Gasteiger charge is -2.30. The molecule has 0 spiro atoms. The molecule has 2 atom stereocenters. The number of rotatable bonds is 3. The molecular weight excluding hydrogens is 226 g/mol. The topological polar surface area (TPSA) is 46.2 Å². The van der Waals surface area contributed by atoms with Crippen LogP contribution in [-0.2, 0) is 4.79 Å². The Morgan fingerprint density at radius 2 is 1.78 bits per heavy atom. The Morgan fingerprint density at radius 3 is 2.44 bits per heavy atom. The van der Waals surface area contributed by atoms with Crippen molar-refractivity contribution in [1.29, 1.82) is 0 Å². The lowest BCUT2D eigenvalue weighted by Crippen LogP contribution is -2.44. The molecule has 96 valence electrons. The predicted molar refractivity (Wildman–Crippen MR) is 70.3 cm³/mol. The fourth-order valence-corrected chi connectivity index (χ4v) is 2.63. The molecule has 1 aliphatic rings. The summed E-state index contributed by atoms with van der Waals surface area (Å²) in [6.45, 7) is 1.62. The van der Waals surface area contributed by atoms with Crippen molar-refractivity contribution in [2.75, 3.05) is 0 Å². The van der Waals surface area contributed by atoms with Gasteiger partial charge in [0.25, 0.3) is 5.91 Å². The molecule has 1 amide bonds. The van der Waals surface area contributed by atoms with Crippen LogP contribution in [0.2, 0.25) is 0 Å². The minimum Gasteiger partial charge on any atom is -0.349 e. The Balaban J connectivity index is 2.03. The SMILES string of the molecule is CC(=O)[C@H]1CCCC[C@@H]1NC(=O)c1ccccc1. The molecule has 1 fully saturated rings. The van der Waals surface area contributed by atoms with Gasteiger partial charge in [-0.15, -0.1) is 0 Å². The summed E-state index contributed by atoms with van der Waals surface area (Å²) in [7, 11) is 0. The van der Waals surface area contributed by atoms with Crippen molar-refractivity contribution < 1.29 is 9.59 Å². The van der Waals surface area contributed by atoms with E-state index in [2.05, 4.69) is 5.32 Å². The minimum atomic E-state index is -0.0752. The molecule has 1 aromatic carbocycles. The maximum absolute atomic E-state index is 12.1. The van der Waals surface area contributed by atoms with E-state index in [1.807, 2.05) is 18.2 Å². The van der Waals surface area contributed by atoms with Gasteiger partial charge in [0.05, 0.1) is 0 Å². The van der Waals surface area contributed by atoms with Crippen LogP contribution in [0.4, 0.5) is 0 Å². The second-order valence-electron chi connectivity index (χ2n) is 4.95. The lowest BCUT2D eigenvalue weighted by molar-refractivity contribution is -0.122. The largest absolute Gasteiger partial charge is 0.349 e. The molecule has 0 radical (unpaired) electrons. The number of Topliss-reactive ketones (excluding diaryl/α,β-unsaturated/α-hetero) is 1. The summed E-state index contributed by atoms with van der Waals surface area (Å²) < 4.78 is 0. The molecule has 3 nitrogen and oxygen atoms in total. The van der Waals surface area contributed by atoms with Crippen LogP contribution in [0.15, 0.2) is 30.3 Å². The molecule has 18 heavy (non-hydrogen) atoms. The van der Waals surface area contributed by atoms with Crippen molar-refractivity contribution in [2.45, 2.75) is 38.6 Å². The van der Waals surface area contributed by atoms with Gasteiger partial charge < -0.3 is 5.32 Å². The van der Waals surface area contributed by atoms with E-state index in [4.69, 9.17) is 0 Å². The summed E-state index contributed by atoms with van der Waals surface area (Å²) in [6, 6.07) is 9.16. The van der Waals surface area contributed by atoms with Crippen LogP contribution in [0.1, 0.15) is 43.0 Å². The Kier molecular flexibility index (Phi) is 4.13. The zero-order chi connectivity index (χ0) is 13.0. The van der Waals surface area contributed by atoms with Crippen molar-refractivity contribution in [3.63, 3.8) is 0 Å². The zero-order valence-electron chi connectivity index (χ0n) is 10.7. The predicted octanol–water partition coefficient (Wildman–Crippen LogP) is 2.56. The average Bonchev–Trinajstić information content (AvgIpc) is 2.40. The molecule has 3 heteroatoms. The standard InChI is InChI=1S/C15H19NO2/c1-11(17)13-9-5-6-10-14(13)16-15(18)12-7-3-2-4-8-12/h2-4,7-8,13-14H,5-6,9-10H2,1H3,(H,16,18)/t13-,14+/m1/s1. The van der Waals surface area contributed by atoms with Crippen LogP contribution in [0.5, 0.6) is 0 Å². The zero-order valence-corrected chi connectivity index (χ0v) is 10.7. The van der Waals surface area contributed by atoms with Gasteiger partial charge in [0, 0.05) is 17.5 Å². The third kappa shape index (κ3) is 2.97. The van der Waals surface area contributed by atoms with Gasteiger partial charge in [-0.05, 0) is 31.9 Å². The number of ketones is 1. The molecule has 1 aliphatic carbocycles. The van der Waals surface area contributed by atoms with Gasteiger partial charge in [-0.2, -0.15) is 0 Å². The Morgan fingerprint density at radius 1 is 1.11 bits per heavy atom. The lowest BCUT2D eigenvalue weighted by atomic mass is 9.82. The van der Waals surface area contributed by atoms with Crippen molar-refractivity contribution in [1.82, 2.24) is 5.32 Å². The normalized spacial score (nSPS) is 23.4. The van der Waals surface area contributed by atoms with E-state index < -0.39 is 0 Å². The second kappa shape index (κ2) is 5.80. The van der Waals surface area contributed by atoms with Gasteiger partial charge in [0.1, 0.15) is 5.78 Å². The van der Waals surface area contributed by atoms with Crippen molar-refractivity contribution >= 4 is 11.7 Å². The number of hydrogen-bond donors (Lipinski definition) is 1. The van der Waals surface area contributed by atoms with Gasteiger partial charge in [-0.3, -0.25) is 9.59 Å². The van der Waals surface area contributed by atoms with E-state index in [0.29, 0.717) is 5.56 Å². The summed E-state index contributed by atoms with van der Waals surface area (Å²) in [6.07, 6.45) is 3.98. The summed E-state index contributed by atoms with van der Waals surface area (Å²) in [5.74, 6) is 0.105. The first-order chi connectivity index (χ1) is 8.68. The molecular formula is C15H19NO2. The maximum Gasteiger partial charge on any atom is 0.251 e. The quantitative estimate of drug-likeness (QED) is 0.889. The van der Waals surface area contributed by atoms with Crippen LogP contribution in [-0.4, -0.2) is 17.7 Å². The summed E-state index contributed by atoms with van der Waals surface area (Å²) in [4.78, 5) is 23.6. The fourth-order valence-electron chi connectivity index (χ4n) is 2.63. The van der Waals surface area contributed by atoms with E-state index in [-0.39, 0.29) is 23.7 Å². The molecule has 1 N–H and O–H groups in total. The molecule has 1 saturated carbocycles. The monoisotopic (exact) mass is 245 g/mol. The number of hydrogen-bond acceptors (Lipinski definition) is 2. The van der Waals surface area contributed by atoms with E-state index in [1.54, 1.807) is 19.1 Å². The first kappa shape index (κ1) is 12.8. The van der Waals surface area contributed by atoms with Crippen LogP contribution < -0.4 is 5.32 Å². The number of nitrogens with one attached hydrogen (secondary N) is 1. The summed E-state index contributed by atoms with van der Waals surface area (Å²) in [5.41, 5.74) is 0.658. The average molecular weight is 245 g/mol. The van der Waals surface area contributed by atoms with Gasteiger partial charge in [-0.25, -0.2) is 0 Å². The molecule has 1 aromatic rings. The molecule has 0 aromatic heterocycles. The highest BCUT2D eigenvalue weighted by Crippen LogP contribution is 2.25. The van der Waals surface area contributed by atoms with E-state index in [1.165, 1.54) is 0 Å². The van der Waals surface area contributed by atoms with Crippen molar-refractivity contribution in [3.8, 4) is 0 Å². The second-order valence-corrected chi connectivity index (χ2v) is 4.95. The van der Waals surface area contributed by atoms with Crippen LogP contribution >= 0.6 is 0 Å². The Bertz CT molecular complexity index is 427. The van der Waals surface area contributed by atoms with Crippen LogP contribution in [0.25, 0.3) is 0 Å². The Labute approximate surface area is 108 Å². The first-order valence-electron chi connectivity index (χ1n) is 6.55. The van der Waals surface area contributed by atoms with E-state index in [0.717, 1.165) is 25.7 Å². The summed E-state index contributed by atoms with van der Waals surface area (Å²) in [5, 5.41) is 3.01. The molecule has 0 heterocycles. The van der Waals surface area contributed by atoms with Crippen molar-refractivity contribution in [3.05, 3.63) is 35.9 Å². The van der Waals surface area contributed by atoms with Gasteiger partial charge in [0.15, 0.2) is 0 Å². The molecule has 2 rings (SSSR count). The van der Waals surface area contributed by atoms with Crippen LogP contribution in [0, 0.1) is 5.92 Å². The smallest absolute Gasteiger partial charge is 0.251 e. The van der Waals surface area contributed by atoms with Gasteiger partial charge in [-0.1, -0.05) is 31.0 Å². The highest BCUT2D eigenvalue weighted by molar-refractivity contribution is 5.94. The van der Waals surface area contributed by atoms with Crippen LogP contribution in [0.3, 0.4) is 0 Å². The summed E-state index contributed by atoms with van der Waals surface area (Å²) >= 11 is 0. The van der Waals surface area contributed by atoms with Gasteiger partial charge in [0.2, 0.25) is 0 Å². The maximum atomic E-state index is 12.1. The van der Waals surface area contributed by atoms with E-state index >= 15 is 0 Å². The molecule has 0 saturated heterocycles. The highest BCUT2D eigenvalue weighted by atomic mass is 16.2. The van der Waals surface area contributed by atoms with Gasteiger partial charge >= 0.3 is 0 Å². The third-order valence-corrected chi connectivity index (χ3v) is 3.64. The number of carbonyl (C=O) groups excluding carboxylic acids is 2. The minimum absolute atomic E-state index is 0.00366. The van der Waals surface area contributed by atoms with Crippen molar-refractivity contribution in [2.24, 2.45) is 5.92 Å². The fraction of sp³-hybridized carbons (Fsp3) is 0.467. The highest BCUT2D eigenvalue weighted by Gasteiger charge is 2.29. The number of carbonyl (C=O) groups is 2. The molecule has 0 aliphatic heterocycles.